The van der Waals surface area contributed by atoms with Crippen molar-refractivity contribution in [1.82, 2.24) is 10.6 Å². The van der Waals surface area contributed by atoms with Crippen molar-refractivity contribution in [1.29, 1.82) is 0 Å². The Hall–Kier alpha value is -2.45. The highest BCUT2D eigenvalue weighted by Gasteiger charge is 2.27. The highest BCUT2D eigenvalue weighted by molar-refractivity contribution is 5.91. The number of carbonyl (C=O) groups excluding carboxylic acids is 2. The summed E-state index contributed by atoms with van der Waals surface area (Å²) in [7, 11) is 0. The van der Waals surface area contributed by atoms with Crippen molar-refractivity contribution in [2.24, 2.45) is 11.7 Å². The van der Waals surface area contributed by atoms with Gasteiger partial charge in [-0.2, -0.15) is 0 Å². The van der Waals surface area contributed by atoms with Gasteiger partial charge in [-0.15, -0.1) is 0 Å². The van der Waals surface area contributed by atoms with Crippen molar-refractivity contribution in [3.8, 4) is 0 Å². The van der Waals surface area contributed by atoms with Gasteiger partial charge in [0.1, 0.15) is 12.1 Å². The molecule has 1 rings (SSSR count). The van der Waals surface area contributed by atoms with Gasteiger partial charge >= 0.3 is 5.97 Å². The largest absolute Gasteiger partial charge is 0.480 e. The molecule has 0 aromatic heterocycles. The van der Waals surface area contributed by atoms with E-state index in [2.05, 4.69) is 10.6 Å². The molecular formula is C18H27N3O5. The predicted molar refractivity (Wildman–Crippen MR) is 96.2 cm³/mol. The lowest BCUT2D eigenvalue weighted by Gasteiger charge is -2.22. The SMILES string of the molecule is CC(C)CC(N)C(=O)NC(CO)C(=O)NC(Cc1ccccc1)C(=O)O. The van der Waals surface area contributed by atoms with Crippen LogP contribution >= 0.6 is 0 Å². The molecule has 6 N–H and O–H groups in total. The van der Waals surface area contributed by atoms with Gasteiger partial charge in [0, 0.05) is 6.42 Å². The van der Waals surface area contributed by atoms with Crippen molar-refractivity contribution in [2.45, 2.75) is 44.8 Å². The maximum absolute atomic E-state index is 12.3. The molecule has 0 radical (unpaired) electrons. The van der Waals surface area contributed by atoms with E-state index in [1.807, 2.05) is 13.8 Å². The third kappa shape index (κ3) is 7.20. The molecule has 0 saturated carbocycles. The fraction of sp³-hybridized carbons (Fsp3) is 0.500. The first-order valence-electron chi connectivity index (χ1n) is 8.48. The molecule has 0 fully saturated rings. The number of nitrogens with one attached hydrogen (secondary N) is 2. The third-order valence-electron chi connectivity index (χ3n) is 3.77. The third-order valence-corrected chi connectivity index (χ3v) is 3.77. The van der Waals surface area contributed by atoms with Crippen LogP contribution in [0, 0.1) is 5.92 Å². The highest BCUT2D eigenvalue weighted by Crippen LogP contribution is 2.05. The maximum Gasteiger partial charge on any atom is 0.326 e. The molecule has 8 heteroatoms. The zero-order valence-electron chi connectivity index (χ0n) is 15.0. The van der Waals surface area contributed by atoms with E-state index in [0.29, 0.717) is 6.42 Å². The van der Waals surface area contributed by atoms with Gasteiger partial charge in [0.05, 0.1) is 12.6 Å². The number of carboxylic acids is 1. The Kier molecular flexibility index (Phi) is 8.74. The predicted octanol–water partition coefficient (Wildman–Crippen LogP) is -0.351. The second kappa shape index (κ2) is 10.5. The van der Waals surface area contributed by atoms with E-state index in [1.54, 1.807) is 30.3 Å². The van der Waals surface area contributed by atoms with Crippen molar-refractivity contribution >= 4 is 17.8 Å². The van der Waals surface area contributed by atoms with Crippen molar-refractivity contribution in [3.63, 3.8) is 0 Å². The standard InChI is InChI=1S/C18H27N3O5/c1-11(2)8-13(19)16(23)21-15(10-22)17(24)20-14(18(25)26)9-12-6-4-3-5-7-12/h3-7,11,13-15,22H,8-10,19H2,1-2H3,(H,20,24)(H,21,23)(H,25,26). The van der Waals surface area contributed by atoms with Crippen LogP contribution < -0.4 is 16.4 Å². The molecule has 0 aliphatic rings. The zero-order valence-corrected chi connectivity index (χ0v) is 15.0. The monoisotopic (exact) mass is 365 g/mol. The first kappa shape index (κ1) is 21.6. The maximum atomic E-state index is 12.3. The molecule has 2 amide bonds. The summed E-state index contributed by atoms with van der Waals surface area (Å²) >= 11 is 0. The first-order valence-corrected chi connectivity index (χ1v) is 8.48. The average molecular weight is 365 g/mol. The van der Waals surface area contributed by atoms with Gasteiger partial charge in [-0.1, -0.05) is 44.2 Å². The molecule has 3 unspecified atom stereocenters. The minimum absolute atomic E-state index is 0.0842. The fourth-order valence-corrected chi connectivity index (χ4v) is 2.41. The number of rotatable bonds is 10. The Morgan fingerprint density at radius 1 is 1.04 bits per heavy atom. The summed E-state index contributed by atoms with van der Waals surface area (Å²) in [5.74, 6) is -2.36. The van der Waals surface area contributed by atoms with E-state index in [0.717, 1.165) is 5.56 Å². The van der Waals surface area contributed by atoms with E-state index >= 15 is 0 Å². The second-order valence-electron chi connectivity index (χ2n) is 6.57. The molecule has 3 atom stereocenters. The number of hydrogen-bond acceptors (Lipinski definition) is 5. The lowest BCUT2D eigenvalue weighted by Crippen LogP contribution is -2.56. The second-order valence-corrected chi connectivity index (χ2v) is 6.57. The van der Waals surface area contributed by atoms with Crippen molar-refractivity contribution < 1.29 is 24.6 Å². The molecule has 26 heavy (non-hydrogen) atoms. The fourth-order valence-electron chi connectivity index (χ4n) is 2.41. The van der Waals surface area contributed by atoms with Gasteiger partial charge in [-0.05, 0) is 17.9 Å². The van der Waals surface area contributed by atoms with Crippen LogP contribution in [-0.2, 0) is 20.8 Å². The molecule has 0 aliphatic heterocycles. The molecule has 0 bridgehead atoms. The lowest BCUT2D eigenvalue weighted by atomic mass is 10.0. The molecule has 1 aromatic carbocycles. The Morgan fingerprint density at radius 2 is 1.62 bits per heavy atom. The van der Waals surface area contributed by atoms with Crippen molar-refractivity contribution in [3.05, 3.63) is 35.9 Å². The first-order chi connectivity index (χ1) is 12.2. The molecule has 8 nitrogen and oxygen atoms in total. The number of aliphatic carboxylic acids is 1. The highest BCUT2D eigenvalue weighted by atomic mass is 16.4. The summed E-state index contributed by atoms with van der Waals surface area (Å²) in [6.45, 7) is 3.15. The van der Waals surface area contributed by atoms with Crippen LogP contribution in [0.3, 0.4) is 0 Å². The van der Waals surface area contributed by atoms with Crippen LogP contribution in [0.2, 0.25) is 0 Å². The average Bonchev–Trinajstić information content (AvgIpc) is 2.58. The molecule has 144 valence electrons. The van der Waals surface area contributed by atoms with E-state index in [9.17, 15) is 24.6 Å². The molecule has 1 aromatic rings. The number of nitrogens with two attached hydrogens (primary N) is 1. The van der Waals surface area contributed by atoms with Gasteiger partial charge in [0.15, 0.2) is 0 Å². The zero-order chi connectivity index (χ0) is 19.7. The van der Waals surface area contributed by atoms with Gasteiger partial charge in [0.2, 0.25) is 11.8 Å². The Labute approximate surface area is 152 Å². The van der Waals surface area contributed by atoms with Crippen molar-refractivity contribution in [2.75, 3.05) is 6.61 Å². The summed E-state index contributed by atoms with van der Waals surface area (Å²) < 4.78 is 0. The number of hydrogen-bond donors (Lipinski definition) is 5. The topological polar surface area (TPSA) is 142 Å². The van der Waals surface area contributed by atoms with Gasteiger partial charge < -0.3 is 26.6 Å². The van der Waals surface area contributed by atoms with Gasteiger partial charge in [-0.3, -0.25) is 9.59 Å². The van der Waals surface area contributed by atoms with Gasteiger partial charge in [-0.25, -0.2) is 4.79 Å². The number of aliphatic hydroxyl groups excluding tert-OH is 1. The number of carbonyl (C=O) groups is 3. The minimum Gasteiger partial charge on any atom is -0.480 e. The van der Waals surface area contributed by atoms with Crippen LogP contribution in [0.4, 0.5) is 0 Å². The Bertz CT molecular complexity index is 606. The van der Waals surface area contributed by atoms with Crippen LogP contribution in [-0.4, -0.2) is 52.7 Å². The summed E-state index contributed by atoms with van der Waals surface area (Å²) in [6, 6.07) is 5.58. The van der Waals surface area contributed by atoms with Crippen LogP contribution in [0.25, 0.3) is 0 Å². The van der Waals surface area contributed by atoms with Gasteiger partial charge in [0.25, 0.3) is 0 Å². The minimum atomic E-state index is -1.27. The summed E-state index contributed by atoms with van der Waals surface area (Å²) in [5, 5.41) is 23.4. The molecule has 0 saturated heterocycles. The number of amides is 2. The van der Waals surface area contributed by atoms with E-state index in [1.165, 1.54) is 0 Å². The Morgan fingerprint density at radius 3 is 2.12 bits per heavy atom. The molecule has 0 aliphatic carbocycles. The van der Waals surface area contributed by atoms with Crippen LogP contribution in [0.5, 0.6) is 0 Å². The number of carboxylic acid groups (broad SMARTS) is 1. The molecular weight excluding hydrogens is 338 g/mol. The van der Waals surface area contributed by atoms with E-state index in [-0.39, 0.29) is 12.3 Å². The van der Waals surface area contributed by atoms with Crippen LogP contribution in [0.15, 0.2) is 30.3 Å². The summed E-state index contributed by atoms with van der Waals surface area (Å²) in [6.07, 6.45) is 0.512. The number of benzene rings is 1. The smallest absolute Gasteiger partial charge is 0.326 e. The van der Waals surface area contributed by atoms with Crippen LogP contribution in [0.1, 0.15) is 25.8 Å². The summed E-state index contributed by atoms with van der Waals surface area (Å²) in [5.41, 5.74) is 6.49. The molecule has 0 heterocycles. The normalized spacial score (nSPS) is 14.3. The lowest BCUT2D eigenvalue weighted by molar-refractivity contribution is -0.142. The quantitative estimate of drug-likeness (QED) is 0.384. The Balaban J connectivity index is 2.70. The summed E-state index contributed by atoms with van der Waals surface area (Å²) in [4.78, 5) is 35.7. The van der Waals surface area contributed by atoms with E-state index in [4.69, 9.17) is 5.73 Å². The molecule has 0 spiro atoms. The number of aliphatic hydroxyl groups is 1. The van der Waals surface area contributed by atoms with E-state index < -0.39 is 42.5 Å².